The number of furan rings is 2. The van der Waals surface area contributed by atoms with Gasteiger partial charge in [0.25, 0.3) is 23.6 Å². The normalized spacial score (nSPS) is 15.1. The zero-order valence-electron chi connectivity index (χ0n) is 54.8. The molecule has 10 aromatic heterocycles. The van der Waals surface area contributed by atoms with Crippen molar-refractivity contribution in [3.8, 4) is 45.9 Å². The van der Waals surface area contributed by atoms with Crippen molar-refractivity contribution in [1.29, 1.82) is 0 Å². The summed E-state index contributed by atoms with van der Waals surface area (Å²) in [5.41, 5.74) is 32.1. The van der Waals surface area contributed by atoms with Crippen LogP contribution in [-0.4, -0.2) is 167 Å². The fourth-order valence-corrected chi connectivity index (χ4v) is 12.0. The molecular weight excluding hydrogens is 1230 g/mol. The SMILES string of the molecule is CCCN(C)C(=O)c1cc(N)c2nc(-c3ccccc3)nn2c1.COC[C@@H]1CCCN1C(=O)c1cc(N)c2nc(-c3ccc(C)o3)nn2c1.Cc1ccc(-c2nc3c(N)cc(C(=O)N4CCCC4C)cn3n2)o1.Nc1cc(C(=O)N2CC=CCC2)cn2nc(-c3ccccc3)nc12. The molecule has 2 atom stereocenters. The van der Waals surface area contributed by atoms with Gasteiger partial charge in [-0.05, 0) is 108 Å². The average Bonchev–Trinajstić information content (AvgIpc) is 1.67. The van der Waals surface area contributed by atoms with Crippen molar-refractivity contribution in [2.45, 2.75) is 78.3 Å². The number of anilines is 4. The highest BCUT2D eigenvalue weighted by atomic mass is 16.5. The van der Waals surface area contributed by atoms with Crippen molar-refractivity contribution in [2.24, 2.45) is 0 Å². The second-order valence-corrected chi connectivity index (χ2v) is 24.1. The predicted octanol–water partition coefficient (Wildman–Crippen LogP) is 9.48. The van der Waals surface area contributed by atoms with Gasteiger partial charge in [-0.3, -0.25) is 19.2 Å². The van der Waals surface area contributed by atoms with Gasteiger partial charge in [0.05, 0.1) is 57.7 Å². The highest BCUT2D eigenvalue weighted by Gasteiger charge is 2.31. The van der Waals surface area contributed by atoms with Crippen molar-refractivity contribution >= 4 is 69.0 Å². The number of nitrogen functional groups attached to an aromatic ring is 4. The van der Waals surface area contributed by atoms with Gasteiger partial charge in [-0.15, -0.1) is 20.4 Å². The van der Waals surface area contributed by atoms with Crippen LogP contribution in [-0.2, 0) is 4.74 Å². The molecule has 2 fully saturated rings. The first-order valence-corrected chi connectivity index (χ1v) is 32.1. The standard InChI is InChI=1S/C18H21N5O3.C18H17N5O.C17H19N5O2.C17H19N5O/c1-11-5-6-15(26-11)16-20-17-14(19)8-12(9-23(17)21-16)18(24)22-7-3-4-13(22)10-25-2;19-15-11-14(18(24)22-9-5-2-6-10-22)12-23-17(15)20-16(21-23)13-7-3-1-4-8-13;1-10-4-3-7-21(10)17(23)12-8-13(18)16-19-15(20-22(16)9-12)14-6-5-11(2)24-14;1-3-9-21(2)17(23)13-10-14(18)16-19-15(20-22(16)11-13)12-7-5-4-6-8-12/h5-6,8-9,13H,3-4,7,10,19H2,1-2H3;1-5,7-8,11-12H,6,9-10,19H2;5-6,8-10H,3-4,7,18H2,1-2H3;4-8,10-11H,3,9,18H2,1-2H3/t13-;;;/m0.../s1. The summed E-state index contributed by atoms with van der Waals surface area (Å²) in [6.45, 7) is 11.9. The number of ether oxygens (including phenoxy) is 1. The number of likely N-dealkylation sites (tertiary alicyclic amines) is 2. The molecule has 498 valence electrons. The van der Waals surface area contributed by atoms with Crippen LogP contribution >= 0.6 is 0 Å². The first kappa shape index (κ1) is 65.3. The van der Waals surface area contributed by atoms with E-state index < -0.39 is 0 Å². The first-order valence-electron chi connectivity index (χ1n) is 32.1. The molecule has 2 saturated heterocycles. The summed E-state index contributed by atoms with van der Waals surface area (Å²) in [5, 5.41) is 17.7. The molecule has 2 aromatic carbocycles. The van der Waals surface area contributed by atoms with Crippen LogP contribution in [0, 0.1) is 13.8 Å². The van der Waals surface area contributed by atoms with E-state index in [-0.39, 0.29) is 35.7 Å². The second-order valence-electron chi connectivity index (χ2n) is 24.1. The van der Waals surface area contributed by atoms with E-state index in [0.717, 1.165) is 80.8 Å². The van der Waals surface area contributed by atoms with Gasteiger partial charge < -0.3 is 56.1 Å². The number of methoxy groups -OCH3 is 1. The first-order chi connectivity index (χ1) is 46.9. The number of nitrogens with two attached hydrogens (primary N) is 4. The predicted molar refractivity (Wildman–Crippen MR) is 368 cm³/mol. The fourth-order valence-electron chi connectivity index (χ4n) is 12.0. The number of benzene rings is 2. The third kappa shape index (κ3) is 14.2. The summed E-state index contributed by atoms with van der Waals surface area (Å²) < 4.78 is 22.6. The van der Waals surface area contributed by atoms with Crippen LogP contribution in [0.1, 0.15) is 105 Å². The molecule has 0 radical (unpaired) electrons. The fraction of sp³-hybridized carbons (Fsp3) is 0.286. The lowest BCUT2D eigenvalue weighted by Crippen LogP contribution is -2.38. The molecule has 3 aliphatic rings. The smallest absolute Gasteiger partial charge is 0.255 e. The summed E-state index contributed by atoms with van der Waals surface area (Å²) >= 11 is 0. The lowest BCUT2D eigenvalue weighted by molar-refractivity contribution is 0.0629. The van der Waals surface area contributed by atoms with E-state index in [9.17, 15) is 19.2 Å². The van der Waals surface area contributed by atoms with Gasteiger partial charge in [-0.2, -0.15) is 0 Å². The number of rotatable bonds is 12. The van der Waals surface area contributed by atoms with Gasteiger partial charge in [0.1, 0.15) is 11.5 Å². The molecule has 13 heterocycles. The van der Waals surface area contributed by atoms with Crippen LogP contribution in [0.25, 0.3) is 68.5 Å². The largest absolute Gasteiger partial charge is 0.458 e. The van der Waals surface area contributed by atoms with Crippen LogP contribution in [0.2, 0.25) is 0 Å². The quantitative estimate of drug-likeness (QED) is 0.0827. The highest BCUT2D eigenvalue weighted by Crippen LogP contribution is 2.29. The maximum absolute atomic E-state index is 12.9. The molecule has 27 nitrogen and oxygen atoms in total. The van der Waals surface area contributed by atoms with E-state index >= 15 is 0 Å². The number of fused-ring (bicyclic) bond motifs is 4. The Labute approximate surface area is 557 Å². The Hall–Kier alpha value is -11.7. The van der Waals surface area contributed by atoms with E-state index in [1.54, 1.807) is 86.6 Å². The van der Waals surface area contributed by atoms with Crippen LogP contribution < -0.4 is 22.9 Å². The van der Waals surface area contributed by atoms with E-state index in [0.29, 0.717) is 122 Å². The molecule has 27 heteroatoms. The van der Waals surface area contributed by atoms with Gasteiger partial charge in [0.15, 0.2) is 45.8 Å². The van der Waals surface area contributed by atoms with Crippen molar-refractivity contribution in [3.05, 3.63) is 180 Å². The van der Waals surface area contributed by atoms with Crippen LogP contribution in [0.3, 0.4) is 0 Å². The number of pyridine rings is 4. The number of carbonyl (C=O) groups is 4. The van der Waals surface area contributed by atoms with E-state index in [2.05, 4.69) is 53.3 Å². The molecule has 97 heavy (non-hydrogen) atoms. The molecule has 0 bridgehead atoms. The van der Waals surface area contributed by atoms with Gasteiger partial charge in [0, 0.05) is 88.8 Å². The Morgan fingerprint density at radius 3 is 1.41 bits per heavy atom. The lowest BCUT2D eigenvalue weighted by Gasteiger charge is -2.24. The van der Waals surface area contributed by atoms with Gasteiger partial charge in [-0.1, -0.05) is 79.7 Å². The number of amides is 4. The van der Waals surface area contributed by atoms with Crippen LogP contribution in [0.4, 0.5) is 22.7 Å². The molecule has 0 saturated carbocycles. The summed E-state index contributed by atoms with van der Waals surface area (Å²) in [6, 6.07) is 33.7. The molecule has 8 N–H and O–H groups in total. The van der Waals surface area contributed by atoms with Gasteiger partial charge in [-0.25, -0.2) is 38.0 Å². The maximum Gasteiger partial charge on any atom is 0.255 e. The number of hydrogen-bond donors (Lipinski definition) is 4. The number of carbonyl (C=O) groups excluding carboxylic acids is 4. The van der Waals surface area contributed by atoms with Crippen molar-refractivity contribution in [3.63, 3.8) is 0 Å². The molecule has 1 unspecified atom stereocenters. The highest BCUT2D eigenvalue weighted by molar-refractivity contribution is 5.98. The zero-order chi connectivity index (χ0) is 68.0. The minimum Gasteiger partial charge on any atom is -0.458 e. The minimum atomic E-state index is -0.0720. The number of nitrogens with zero attached hydrogens (tertiary/aromatic N) is 16. The lowest BCUT2D eigenvalue weighted by atomic mass is 10.2. The summed E-state index contributed by atoms with van der Waals surface area (Å²) in [6.07, 6.45) is 16.6. The van der Waals surface area contributed by atoms with Crippen LogP contribution in [0.5, 0.6) is 0 Å². The molecule has 3 aliphatic heterocycles. The van der Waals surface area contributed by atoms with E-state index in [1.807, 2.05) is 122 Å². The Morgan fingerprint density at radius 2 is 0.979 bits per heavy atom. The topological polar surface area (TPSA) is 342 Å². The molecule has 0 aliphatic carbocycles. The minimum absolute atomic E-state index is 0.0144. The summed E-state index contributed by atoms with van der Waals surface area (Å²) in [4.78, 5) is 75.7. The van der Waals surface area contributed by atoms with Gasteiger partial charge in [0.2, 0.25) is 11.6 Å². The third-order valence-electron chi connectivity index (χ3n) is 16.9. The molecule has 0 spiro atoms. The molecule has 12 aromatic rings. The number of hydrogen-bond acceptors (Lipinski definition) is 19. The van der Waals surface area contributed by atoms with Crippen molar-refractivity contribution < 1.29 is 32.7 Å². The van der Waals surface area contributed by atoms with Crippen LogP contribution in [0.15, 0.2) is 155 Å². The molecule has 4 amide bonds. The molecular formula is C70H76N20O7. The Kier molecular flexibility index (Phi) is 19.2. The zero-order valence-corrected chi connectivity index (χ0v) is 54.8. The molecule has 15 rings (SSSR count). The van der Waals surface area contributed by atoms with E-state index in [1.165, 1.54) is 4.52 Å². The third-order valence-corrected chi connectivity index (χ3v) is 16.9. The average molecular weight is 1310 g/mol. The summed E-state index contributed by atoms with van der Waals surface area (Å²) in [7, 11) is 3.43. The summed E-state index contributed by atoms with van der Waals surface area (Å²) in [5.74, 6) is 4.59. The Morgan fingerprint density at radius 1 is 0.546 bits per heavy atom. The number of aryl methyl sites for hydroxylation is 2. The Bertz CT molecular complexity index is 4870. The van der Waals surface area contributed by atoms with Crippen molar-refractivity contribution in [1.82, 2.24) is 78.0 Å². The van der Waals surface area contributed by atoms with Crippen molar-refractivity contribution in [2.75, 3.05) is 76.4 Å². The maximum atomic E-state index is 12.9. The monoisotopic (exact) mass is 1310 g/mol. The number of aromatic nitrogens is 12. The van der Waals surface area contributed by atoms with Gasteiger partial charge >= 0.3 is 0 Å². The van der Waals surface area contributed by atoms with E-state index in [4.69, 9.17) is 36.5 Å². The second kappa shape index (κ2) is 28.5. The Balaban J connectivity index is 0.000000123.